The molecule has 2 rings (SSSR count). The van der Waals surface area contributed by atoms with Crippen LogP contribution in [0.25, 0.3) is 0 Å². The second kappa shape index (κ2) is 7.21. The largest absolute Gasteiger partial charge is 0.481 e. The highest BCUT2D eigenvalue weighted by molar-refractivity contribution is 7.89. The Balaban J connectivity index is 2.08. The van der Waals surface area contributed by atoms with Gasteiger partial charge in [-0.05, 0) is 37.3 Å². The van der Waals surface area contributed by atoms with Gasteiger partial charge in [-0.2, -0.15) is 0 Å². The minimum atomic E-state index is -3.63. The molecule has 0 bridgehead atoms. The van der Waals surface area contributed by atoms with Crippen LogP contribution in [0.2, 0.25) is 0 Å². The molecule has 1 aromatic carbocycles. The van der Waals surface area contributed by atoms with Gasteiger partial charge in [-0.15, -0.1) is 0 Å². The summed E-state index contributed by atoms with van der Waals surface area (Å²) in [4.78, 5) is 11.2. The third-order valence-corrected chi connectivity index (χ3v) is 5.58. The quantitative estimate of drug-likeness (QED) is 0.830. The van der Waals surface area contributed by atoms with Crippen LogP contribution in [0.1, 0.15) is 31.2 Å². The lowest BCUT2D eigenvalue weighted by Gasteiger charge is -2.27. The number of carboxylic acids is 1. The molecule has 0 heterocycles. The lowest BCUT2D eigenvalue weighted by atomic mass is 9.87. The number of sulfonamides is 1. The Kier molecular flexibility index (Phi) is 5.55. The lowest BCUT2D eigenvalue weighted by Crippen LogP contribution is -2.39. The van der Waals surface area contributed by atoms with Crippen molar-refractivity contribution >= 4 is 16.0 Å². The maximum absolute atomic E-state index is 12.5. The van der Waals surface area contributed by atoms with Gasteiger partial charge in [-0.25, -0.2) is 13.1 Å². The third kappa shape index (κ3) is 4.06. The normalized spacial score (nSPS) is 22.4. The number of carbonyl (C=O) groups is 1. The summed E-state index contributed by atoms with van der Waals surface area (Å²) >= 11 is 0. The summed E-state index contributed by atoms with van der Waals surface area (Å²) in [7, 11) is -2.11. The number of ether oxygens (including phenoxy) is 1. The molecule has 0 atom stereocenters. The van der Waals surface area contributed by atoms with Crippen LogP contribution in [0.3, 0.4) is 0 Å². The van der Waals surface area contributed by atoms with Crippen molar-refractivity contribution in [2.45, 2.75) is 43.2 Å². The molecular weight excluding hydrogens is 306 g/mol. The monoisotopic (exact) mass is 327 g/mol. The van der Waals surface area contributed by atoms with Crippen molar-refractivity contribution in [3.05, 3.63) is 29.8 Å². The average molecular weight is 327 g/mol. The Morgan fingerprint density at radius 2 is 1.91 bits per heavy atom. The molecule has 1 saturated carbocycles. The van der Waals surface area contributed by atoms with Gasteiger partial charge < -0.3 is 9.84 Å². The molecule has 0 unspecified atom stereocenters. The summed E-state index contributed by atoms with van der Waals surface area (Å²) < 4.78 is 32.8. The van der Waals surface area contributed by atoms with E-state index >= 15 is 0 Å². The average Bonchev–Trinajstić information content (AvgIpc) is 2.48. The number of carboxylic acid groups (broad SMARTS) is 1. The van der Waals surface area contributed by atoms with E-state index in [4.69, 9.17) is 9.84 Å². The van der Waals surface area contributed by atoms with Crippen LogP contribution in [0, 0.1) is 5.92 Å². The van der Waals surface area contributed by atoms with Gasteiger partial charge in [0, 0.05) is 13.2 Å². The topological polar surface area (TPSA) is 92.7 Å². The number of hydrogen-bond acceptors (Lipinski definition) is 4. The van der Waals surface area contributed by atoms with E-state index in [1.807, 2.05) is 0 Å². The minimum absolute atomic E-state index is 0.212. The van der Waals surface area contributed by atoms with Gasteiger partial charge in [0.1, 0.15) is 0 Å². The minimum Gasteiger partial charge on any atom is -0.481 e. The Bertz CT molecular complexity index is 621. The Hall–Kier alpha value is -1.44. The van der Waals surface area contributed by atoms with Gasteiger partial charge in [0.25, 0.3) is 0 Å². The highest BCUT2D eigenvalue weighted by Gasteiger charge is 2.29. The number of hydrogen-bond donors (Lipinski definition) is 2. The fourth-order valence-corrected chi connectivity index (χ4v) is 4.31. The van der Waals surface area contributed by atoms with E-state index in [9.17, 15) is 13.2 Å². The van der Waals surface area contributed by atoms with E-state index in [0.29, 0.717) is 31.2 Å². The summed E-state index contributed by atoms with van der Waals surface area (Å²) in [6, 6.07) is 6.51. The van der Waals surface area contributed by atoms with E-state index in [2.05, 4.69) is 4.72 Å². The van der Waals surface area contributed by atoms with Crippen LogP contribution in [0.15, 0.2) is 29.2 Å². The highest BCUT2D eigenvalue weighted by atomic mass is 32.2. The van der Waals surface area contributed by atoms with Crippen molar-refractivity contribution in [1.82, 2.24) is 4.72 Å². The summed E-state index contributed by atoms with van der Waals surface area (Å²) in [5.74, 6) is -1.16. The summed E-state index contributed by atoms with van der Waals surface area (Å²) in [6.45, 7) is 0.225. The maximum Gasteiger partial charge on any atom is 0.306 e. The number of aliphatic carboxylic acids is 1. The molecule has 0 aliphatic heterocycles. The van der Waals surface area contributed by atoms with Gasteiger partial charge in [-0.1, -0.05) is 18.2 Å². The molecule has 0 saturated heterocycles. The Morgan fingerprint density at radius 1 is 1.27 bits per heavy atom. The molecule has 1 aliphatic rings. The molecule has 22 heavy (non-hydrogen) atoms. The van der Waals surface area contributed by atoms with E-state index in [0.717, 1.165) is 0 Å². The fraction of sp³-hybridized carbons (Fsp3) is 0.533. The zero-order chi connectivity index (χ0) is 16.2. The second-order valence-electron chi connectivity index (χ2n) is 5.55. The van der Waals surface area contributed by atoms with Gasteiger partial charge in [0.2, 0.25) is 10.0 Å². The van der Waals surface area contributed by atoms with Crippen LogP contribution in [0.5, 0.6) is 0 Å². The third-order valence-electron chi connectivity index (χ3n) is 3.96. The van der Waals surface area contributed by atoms with Crippen LogP contribution < -0.4 is 4.72 Å². The lowest BCUT2D eigenvalue weighted by molar-refractivity contribution is -0.142. The van der Waals surface area contributed by atoms with Crippen LogP contribution in [-0.4, -0.2) is 32.6 Å². The van der Waals surface area contributed by atoms with Crippen molar-refractivity contribution in [2.75, 3.05) is 7.11 Å². The van der Waals surface area contributed by atoms with Crippen molar-refractivity contribution in [3.63, 3.8) is 0 Å². The summed E-state index contributed by atoms with van der Waals surface area (Å²) in [5.41, 5.74) is 0.608. The van der Waals surface area contributed by atoms with Gasteiger partial charge in [0.05, 0.1) is 17.4 Å². The van der Waals surface area contributed by atoms with E-state index in [1.54, 1.807) is 24.3 Å². The molecular formula is C15H21NO5S. The van der Waals surface area contributed by atoms with Gasteiger partial charge in [0.15, 0.2) is 0 Å². The van der Waals surface area contributed by atoms with Crippen molar-refractivity contribution < 1.29 is 23.1 Å². The summed E-state index contributed by atoms with van der Waals surface area (Å²) in [5, 5.41) is 8.98. The molecule has 6 nitrogen and oxygen atoms in total. The number of nitrogens with one attached hydrogen (secondary N) is 1. The van der Waals surface area contributed by atoms with E-state index in [1.165, 1.54) is 7.11 Å². The molecule has 0 aromatic heterocycles. The molecule has 1 aliphatic carbocycles. The zero-order valence-corrected chi connectivity index (χ0v) is 13.3. The molecule has 7 heteroatoms. The second-order valence-corrected chi connectivity index (χ2v) is 7.23. The predicted octanol–water partition coefficient (Wildman–Crippen LogP) is 1.75. The predicted molar refractivity (Wildman–Crippen MR) is 80.9 cm³/mol. The zero-order valence-electron chi connectivity index (χ0n) is 12.5. The standard InChI is InChI=1S/C15H21NO5S/c1-21-10-12-4-2-3-5-14(12)22(19,20)16-13-8-6-11(7-9-13)15(17)18/h2-5,11,13,16H,6-10H2,1H3,(H,17,18). The van der Waals surface area contributed by atoms with Crippen molar-refractivity contribution in [3.8, 4) is 0 Å². The molecule has 2 N–H and O–H groups in total. The van der Waals surface area contributed by atoms with Crippen LogP contribution in [-0.2, 0) is 26.2 Å². The van der Waals surface area contributed by atoms with E-state index < -0.39 is 16.0 Å². The van der Waals surface area contributed by atoms with Crippen LogP contribution >= 0.6 is 0 Å². The summed E-state index contributed by atoms with van der Waals surface area (Å²) in [6.07, 6.45) is 2.09. The maximum atomic E-state index is 12.5. The first-order valence-electron chi connectivity index (χ1n) is 7.26. The number of methoxy groups -OCH3 is 1. The first-order chi connectivity index (χ1) is 10.4. The molecule has 1 fully saturated rings. The molecule has 1 aromatic rings. The molecule has 0 amide bonds. The Labute approximate surface area is 130 Å². The van der Waals surface area contributed by atoms with Crippen LogP contribution in [0.4, 0.5) is 0 Å². The highest BCUT2D eigenvalue weighted by Crippen LogP contribution is 2.26. The molecule has 0 radical (unpaired) electrons. The van der Waals surface area contributed by atoms with Gasteiger partial charge >= 0.3 is 5.97 Å². The first kappa shape index (κ1) is 16.9. The van der Waals surface area contributed by atoms with Gasteiger partial charge in [-0.3, -0.25) is 4.79 Å². The SMILES string of the molecule is COCc1ccccc1S(=O)(=O)NC1CCC(C(=O)O)CC1. The fourth-order valence-electron chi connectivity index (χ4n) is 2.78. The Morgan fingerprint density at radius 3 is 2.50 bits per heavy atom. The number of rotatable bonds is 6. The van der Waals surface area contributed by atoms with Crippen molar-refractivity contribution in [2.24, 2.45) is 5.92 Å². The van der Waals surface area contributed by atoms with Crippen molar-refractivity contribution in [1.29, 1.82) is 0 Å². The number of benzene rings is 1. The molecule has 122 valence electrons. The smallest absolute Gasteiger partial charge is 0.306 e. The van der Waals surface area contributed by atoms with E-state index in [-0.39, 0.29) is 23.5 Å². The molecule has 0 spiro atoms. The first-order valence-corrected chi connectivity index (χ1v) is 8.74.